The average Bonchev–Trinajstić information content (AvgIpc) is 2.67. The molecule has 1 rings (SSSR count). The van der Waals surface area contributed by atoms with Crippen molar-refractivity contribution in [2.45, 2.75) is 52.2 Å². The van der Waals surface area contributed by atoms with Crippen molar-refractivity contribution in [2.24, 2.45) is 0 Å². The topological polar surface area (TPSA) is 69.1 Å². The third-order valence-electron chi connectivity index (χ3n) is 2.49. The molecule has 3 N–H and O–H groups in total. The van der Waals surface area contributed by atoms with Gasteiger partial charge in [0.2, 0.25) is 0 Å². The van der Waals surface area contributed by atoms with Crippen LogP contribution in [0.25, 0.3) is 0 Å². The van der Waals surface area contributed by atoms with E-state index in [1.165, 1.54) is 19.3 Å². The molecule has 0 bridgehead atoms. The zero-order chi connectivity index (χ0) is 11.1. The molecule has 0 unspecified atom stereocenters. The van der Waals surface area contributed by atoms with Gasteiger partial charge in [0.15, 0.2) is 0 Å². The molecule has 15 heavy (non-hydrogen) atoms. The van der Waals surface area contributed by atoms with Crippen molar-refractivity contribution in [3.8, 4) is 0 Å². The lowest BCUT2D eigenvalue weighted by atomic mass is 10.1. The number of imidazole rings is 1. The van der Waals surface area contributed by atoms with E-state index in [1.807, 2.05) is 0 Å². The van der Waals surface area contributed by atoms with Crippen LogP contribution < -0.4 is 0 Å². The molecule has 4 nitrogen and oxygen atoms in total. The van der Waals surface area contributed by atoms with Gasteiger partial charge in [-0.05, 0) is 6.42 Å². The third-order valence-corrected chi connectivity index (χ3v) is 2.49. The Morgan fingerprint density at radius 1 is 1.13 bits per heavy atom. The molecule has 1 heterocycles. The predicted molar refractivity (Wildman–Crippen MR) is 58.3 cm³/mol. The zero-order valence-corrected chi connectivity index (χ0v) is 9.29. The lowest BCUT2D eigenvalue weighted by Crippen LogP contribution is -1.91. The Bertz CT molecular complexity index is 263. The van der Waals surface area contributed by atoms with Crippen LogP contribution >= 0.6 is 0 Å². The van der Waals surface area contributed by atoms with Crippen LogP contribution in [0.15, 0.2) is 0 Å². The molecule has 0 atom stereocenters. The fourth-order valence-electron chi connectivity index (χ4n) is 1.60. The minimum absolute atomic E-state index is 0.0855. The second kappa shape index (κ2) is 6.58. The second-order valence-electron chi connectivity index (χ2n) is 3.74. The molecule has 0 saturated heterocycles. The standard InChI is InChI=1S/C11H20N2O2/c1-2-3-4-5-6-11-12-9(7-14)10(8-15)13-11/h14-15H,2-8H2,1H3,(H,12,13). The van der Waals surface area contributed by atoms with Crippen molar-refractivity contribution in [1.82, 2.24) is 9.97 Å². The Morgan fingerprint density at radius 2 is 1.93 bits per heavy atom. The number of aromatic nitrogens is 2. The van der Waals surface area contributed by atoms with E-state index in [9.17, 15) is 0 Å². The van der Waals surface area contributed by atoms with Gasteiger partial charge in [-0.15, -0.1) is 0 Å². The summed E-state index contributed by atoms with van der Waals surface area (Å²) in [7, 11) is 0. The normalized spacial score (nSPS) is 10.9. The van der Waals surface area contributed by atoms with Gasteiger partial charge in [0.05, 0.1) is 24.6 Å². The Hall–Kier alpha value is -0.870. The molecule has 86 valence electrons. The number of rotatable bonds is 7. The highest BCUT2D eigenvalue weighted by atomic mass is 16.3. The van der Waals surface area contributed by atoms with E-state index in [1.54, 1.807) is 0 Å². The largest absolute Gasteiger partial charge is 0.390 e. The lowest BCUT2D eigenvalue weighted by Gasteiger charge is -1.96. The minimum Gasteiger partial charge on any atom is -0.390 e. The summed E-state index contributed by atoms with van der Waals surface area (Å²) in [5.41, 5.74) is 1.21. The molecule has 0 amide bonds. The molecule has 4 heteroatoms. The molecule has 0 radical (unpaired) electrons. The van der Waals surface area contributed by atoms with Crippen LogP contribution in [0, 0.1) is 0 Å². The fraction of sp³-hybridized carbons (Fsp3) is 0.727. The van der Waals surface area contributed by atoms with Gasteiger partial charge in [-0.2, -0.15) is 0 Å². The maximum absolute atomic E-state index is 8.99. The average molecular weight is 212 g/mol. The van der Waals surface area contributed by atoms with E-state index in [0.717, 1.165) is 18.7 Å². The quantitative estimate of drug-likeness (QED) is 0.600. The smallest absolute Gasteiger partial charge is 0.106 e. The maximum atomic E-state index is 8.99. The number of hydrogen-bond donors (Lipinski definition) is 3. The first-order valence-corrected chi connectivity index (χ1v) is 5.60. The summed E-state index contributed by atoms with van der Waals surface area (Å²) in [4.78, 5) is 7.27. The first-order chi connectivity index (χ1) is 7.31. The molecule has 0 aliphatic rings. The summed E-state index contributed by atoms with van der Waals surface area (Å²) in [6, 6.07) is 0. The van der Waals surface area contributed by atoms with Crippen LogP contribution in [-0.2, 0) is 19.6 Å². The molecule has 1 aromatic rings. The molecule has 0 aromatic carbocycles. The highest BCUT2D eigenvalue weighted by Crippen LogP contribution is 2.10. The summed E-state index contributed by atoms with van der Waals surface area (Å²) in [6.07, 6.45) is 5.69. The summed E-state index contributed by atoms with van der Waals surface area (Å²) in [5, 5.41) is 18.0. The number of H-pyrrole nitrogens is 1. The Balaban J connectivity index is 2.43. The molecule has 0 fully saturated rings. The van der Waals surface area contributed by atoms with Crippen LogP contribution in [0.5, 0.6) is 0 Å². The van der Waals surface area contributed by atoms with Gasteiger partial charge in [-0.1, -0.05) is 26.2 Å². The van der Waals surface area contributed by atoms with E-state index >= 15 is 0 Å². The van der Waals surface area contributed by atoms with Crippen LogP contribution in [0.1, 0.15) is 49.8 Å². The van der Waals surface area contributed by atoms with Crippen LogP contribution in [0.2, 0.25) is 0 Å². The van der Waals surface area contributed by atoms with Gasteiger partial charge >= 0.3 is 0 Å². The molecule has 0 aliphatic heterocycles. The third kappa shape index (κ3) is 3.64. The fourth-order valence-corrected chi connectivity index (χ4v) is 1.60. The molecular weight excluding hydrogens is 192 g/mol. The SMILES string of the molecule is CCCCCCc1nc(CO)c(CO)[nH]1. The molecular formula is C11H20N2O2. The van der Waals surface area contributed by atoms with E-state index in [-0.39, 0.29) is 13.2 Å². The number of unbranched alkanes of at least 4 members (excludes halogenated alkanes) is 3. The molecule has 0 aliphatic carbocycles. The number of aryl methyl sites for hydroxylation is 1. The first-order valence-electron chi connectivity index (χ1n) is 5.60. The number of nitrogens with zero attached hydrogens (tertiary/aromatic N) is 1. The van der Waals surface area contributed by atoms with Crippen molar-refractivity contribution in [1.29, 1.82) is 0 Å². The minimum atomic E-state index is -0.110. The van der Waals surface area contributed by atoms with Gasteiger partial charge in [0, 0.05) is 6.42 Å². The van der Waals surface area contributed by atoms with Gasteiger partial charge in [-0.3, -0.25) is 0 Å². The predicted octanol–water partition coefficient (Wildman–Crippen LogP) is 1.52. The van der Waals surface area contributed by atoms with Gasteiger partial charge in [-0.25, -0.2) is 4.98 Å². The van der Waals surface area contributed by atoms with Crippen molar-refractivity contribution in [3.63, 3.8) is 0 Å². The van der Waals surface area contributed by atoms with Crippen molar-refractivity contribution >= 4 is 0 Å². The summed E-state index contributed by atoms with van der Waals surface area (Å²) < 4.78 is 0. The van der Waals surface area contributed by atoms with Crippen molar-refractivity contribution < 1.29 is 10.2 Å². The van der Waals surface area contributed by atoms with Gasteiger partial charge in [0.25, 0.3) is 0 Å². The van der Waals surface area contributed by atoms with Crippen LogP contribution in [0.4, 0.5) is 0 Å². The van der Waals surface area contributed by atoms with E-state index < -0.39 is 0 Å². The van der Waals surface area contributed by atoms with Crippen LogP contribution in [-0.4, -0.2) is 20.2 Å². The van der Waals surface area contributed by atoms with Crippen molar-refractivity contribution in [3.05, 3.63) is 17.2 Å². The number of nitrogens with one attached hydrogen (secondary N) is 1. The summed E-state index contributed by atoms with van der Waals surface area (Å²) in [5.74, 6) is 0.874. The maximum Gasteiger partial charge on any atom is 0.106 e. The second-order valence-corrected chi connectivity index (χ2v) is 3.74. The van der Waals surface area contributed by atoms with Crippen molar-refractivity contribution in [2.75, 3.05) is 0 Å². The Morgan fingerprint density at radius 3 is 2.47 bits per heavy atom. The molecule has 1 aromatic heterocycles. The Labute approximate surface area is 90.4 Å². The van der Waals surface area contributed by atoms with E-state index in [0.29, 0.717) is 11.4 Å². The molecule has 0 spiro atoms. The lowest BCUT2D eigenvalue weighted by molar-refractivity contribution is 0.255. The molecule has 0 saturated carbocycles. The van der Waals surface area contributed by atoms with E-state index in [2.05, 4.69) is 16.9 Å². The van der Waals surface area contributed by atoms with E-state index in [4.69, 9.17) is 10.2 Å². The first kappa shape index (κ1) is 12.2. The highest BCUT2D eigenvalue weighted by molar-refractivity contribution is 5.13. The Kier molecular flexibility index (Phi) is 5.36. The monoisotopic (exact) mass is 212 g/mol. The number of aliphatic hydroxyl groups excluding tert-OH is 2. The van der Waals surface area contributed by atoms with Crippen LogP contribution in [0.3, 0.4) is 0 Å². The van der Waals surface area contributed by atoms with Gasteiger partial charge in [0.1, 0.15) is 5.82 Å². The highest BCUT2D eigenvalue weighted by Gasteiger charge is 2.07. The summed E-state index contributed by atoms with van der Waals surface area (Å²) >= 11 is 0. The number of hydrogen-bond acceptors (Lipinski definition) is 3. The number of aliphatic hydroxyl groups is 2. The number of aromatic amines is 1. The van der Waals surface area contributed by atoms with Gasteiger partial charge < -0.3 is 15.2 Å². The zero-order valence-electron chi connectivity index (χ0n) is 9.29. The summed E-state index contributed by atoms with van der Waals surface area (Å²) in [6.45, 7) is 1.99.